The molecule has 88 valence electrons. The van der Waals surface area contributed by atoms with Gasteiger partial charge in [-0.2, -0.15) is 0 Å². The number of thiol groups is 1. The van der Waals surface area contributed by atoms with E-state index in [9.17, 15) is 8.42 Å². The van der Waals surface area contributed by atoms with Gasteiger partial charge in [-0.05, 0) is 17.7 Å². The number of hydrogen-bond donors (Lipinski definition) is 1. The first-order chi connectivity index (χ1) is 7.43. The Morgan fingerprint density at radius 2 is 2.25 bits per heavy atom. The van der Waals surface area contributed by atoms with Crippen LogP contribution in [0.4, 0.5) is 5.69 Å². The Balaban J connectivity index is 2.56. The van der Waals surface area contributed by atoms with E-state index in [1.807, 2.05) is 12.1 Å². The first kappa shape index (κ1) is 12.1. The molecule has 1 atom stereocenters. The van der Waals surface area contributed by atoms with Gasteiger partial charge in [0.05, 0.1) is 11.9 Å². The van der Waals surface area contributed by atoms with Crippen LogP contribution in [0, 0.1) is 0 Å². The molecule has 16 heavy (non-hydrogen) atoms. The van der Waals surface area contributed by atoms with Gasteiger partial charge in [0.2, 0.25) is 10.0 Å². The van der Waals surface area contributed by atoms with E-state index in [2.05, 4.69) is 12.6 Å². The molecule has 0 aliphatic carbocycles. The monoisotopic (exact) mass is 277 g/mol. The highest BCUT2D eigenvalue weighted by atomic mass is 35.5. The molecule has 0 aromatic heterocycles. The summed E-state index contributed by atoms with van der Waals surface area (Å²) in [6, 6.07) is 5.52. The Hall–Kier alpha value is -0.390. The Labute approximate surface area is 106 Å². The molecule has 0 saturated carbocycles. The number of nitrogens with zero attached hydrogens (tertiary/aromatic N) is 1. The van der Waals surface area contributed by atoms with E-state index >= 15 is 0 Å². The van der Waals surface area contributed by atoms with Crippen molar-refractivity contribution in [3.63, 3.8) is 0 Å². The van der Waals surface area contributed by atoms with Gasteiger partial charge in [-0.25, -0.2) is 8.42 Å². The predicted octanol–water partition coefficient (Wildman–Crippen LogP) is 2.08. The number of sulfonamides is 1. The van der Waals surface area contributed by atoms with Gasteiger partial charge in [-0.3, -0.25) is 4.31 Å². The number of halogens is 1. The van der Waals surface area contributed by atoms with Crippen LogP contribution >= 0.6 is 24.2 Å². The highest BCUT2D eigenvalue weighted by Gasteiger charge is 2.32. The molecule has 1 heterocycles. The second-order valence-corrected chi connectivity index (χ2v) is 6.62. The molecule has 0 spiro atoms. The standard InChI is InChI=1S/C10H12ClNO2S2/c1-16(13,14)12-6-7(5-11)9-3-2-8(15)4-10(9)12/h2-4,7,15H,5-6H2,1H3. The van der Waals surface area contributed by atoms with Crippen LogP contribution in [0.5, 0.6) is 0 Å². The third-order valence-corrected chi connectivity index (χ3v) is 4.49. The summed E-state index contributed by atoms with van der Waals surface area (Å²) in [5.74, 6) is 0.491. The molecule has 0 radical (unpaired) electrons. The number of benzene rings is 1. The summed E-state index contributed by atoms with van der Waals surface area (Å²) >= 11 is 10.1. The van der Waals surface area contributed by atoms with Crippen molar-refractivity contribution in [2.45, 2.75) is 10.8 Å². The Kier molecular flexibility index (Phi) is 3.11. The molecule has 1 aromatic rings. The minimum atomic E-state index is -3.23. The van der Waals surface area contributed by atoms with Crippen LogP contribution < -0.4 is 4.31 Å². The number of hydrogen-bond acceptors (Lipinski definition) is 3. The first-order valence-electron chi connectivity index (χ1n) is 4.80. The van der Waals surface area contributed by atoms with E-state index in [0.29, 0.717) is 18.1 Å². The van der Waals surface area contributed by atoms with Crippen LogP contribution in [0.1, 0.15) is 11.5 Å². The summed E-state index contributed by atoms with van der Waals surface area (Å²) < 4.78 is 24.7. The molecule has 0 amide bonds. The number of anilines is 1. The normalized spacial score (nSPS) is 19.9. The van der Waals surface area contributed by atoms with Crippen molar-refractivity contribution in [3.05, 3.63) is 23.8 Å². The fourth-order valence-electron chi connectivity index (χ4n) is 1.94. The molecule has 0 bridgehead atoms. The van der Waals surface area contributed by atoms with Crippen LogP contribution in [0.3, 0.4) is 0 Å². The Bertz CT molecular complexity index is 516. The van der Waals surface area contributed by atoms with Gasteiger partial charge in [0, 0.05) is 23.2 Å². The lowest BCUT2D eigenvalue weighted by Gasteiger charge is -2.16. The molecule has 0 saturated heterocycles. The van der Waals surface area contributed by atoms with Gasteiger partial charge in [-0.1, -0.05) is 6.07 Å². The molecule has 3 nitrogen and oxygen atoms in total. The van der Waals surface area contributed by atoms with E-state index < -0.39 is 10.0 Å². The predicted molar refractivity (Wildman–Crippen MR) is 69.3 cm³/mol. The third kappa shape index (κ3) is 2.04. The molecule has 1 aliphatic heterocycles. The molecule has 1 aliphatic rings. The molecule has 1 unspecified atom stereocenters. The molecule has 6 heteroatoms. The van der Waals surface area contributed by atoms with Gasteiger partial charge >= 0.3 is 0 Å². The molecule has 2 rings (SSSR count). The fourth-order valence-corrected chi connectivity index (χ4v) is 3.36. The van der Waals surface area contributed by atoms with Gasteiger partial charge in [-0.15, -0.1) is 24.2 Å². The second-order valence-electron chi connectivity index (χ2n) is 3.89. The van der Waals surface area contributed by atoms with Gasteiger partial charge in [0.25, 0.3) is 0 Å². The van der Waals surface area contributed by atoms with Crippen LogP contribution in [0.25, 0.3) is 0 Å². The second kappa shape index (κ2) is 4.13. The summed E-state index contributed by atoms with van der Waals surface area (Å²) in [5.41, 5.74) is 1.69. The maximum absolute atomic E-state index is 11.6. The van der Waals surface area contributed by atoms with Gasteiger partial charge in [0.1, 0.15) is 0 Å². The first-order valence-corrected chi connectivity index (χ1v) is 7.63. The van der Waals surface area contributed by atoms with Crippen molar-refractivity contribution in [2.24, 2.45) is 0 Å². The summed E-state index contributed by atoms with van der Waals surface area (Å²) in [6.45, 7) is 0.425. The molecule has 1 aromatic carbocycles. The summed E-state index contributed by atoms with van der Waals surface area (Å²) in [7, 11) is -3.23. The minimum absolute atomic E-state index is 0.0697. The SMILES string of the molecule is CS(=O)(=O)N1CC(CCl)c2ccc(S)cc21. The lowest BCUT2D eigenvalue weighted by molar-refractivity contribution is 0.596. The summed E-state index contributed by atoms with van der Waals surface area (Å²) in [6.07, 6.45) is 1.21. The van der Waals surface area contributed by atoms with E-state index in [0.717, 1.165) is 10.5 Å². The van der Waals surface area contributed by atoms with Crippen LogP contribution in [0.2, 0.25) is 0 Å². The lowest BCUT2D eigenvalue weighted by atomic mass is 10.0. The number of rotatable bonds is 2. The van der Waals surface area contributed by atoms with Crippen molar-refractivity contribution >= 4 is 39.9 Å². The van der Waals surface area contributed by atoms with Crippen LogP contribution in [0.15, 0.2) is 23.1 Å². The average molecular weight is 278 g/mol. The van der Waals surface area contributed by atoms with Crippen molar-refractivity contribution in [1.29, 1.82) is 0 Å². The summed E-state index contributed by atoms with van der Waals surface area (Å²) in [5, 5.41) is 0. The van der Waals surface area contributed by atoms with E-state index in [-0.39, 0.29) is 5.92 Å². The molecule has 0 fully saturated rings. The zero-order valence-corrected chi connectivity index (χ0v) is 11.2. The number of alkyl halides is 1. The highest BCUT2D eigenvalue weighted by molar-refractivity contribution is 7.92. The van der Waals surface area contributed by atoms with Crippen molar-refractivity contribution < 1.29 is 8.42 Å². The van der Waals surface area contributed by atoms with E-state index in [4.69, 9.17) is 11.6 Å². The largest absolute Gasteiger partial charge is 0.269 e. The van der Waals surface area contributed by atoms with Crippen molar-refractivity contribution in [3.8, 4) is 0 Å². The highest BCUT2D eigenvalue weighted by Crippen LogP contribution is 2.39. The maximum atomic E-state index is 11.6. The van der Waals surface area contributed by atoms with Crippen LogP contribution in [-0.4, -0.2) is 27.1 Å². The van der Waals surface area contributed by atoms with Crippen molar-refractivity contribution in [1.82, 2.24) is 0 Å². The third-order valence-electron chi connectivity index (χ3n) is 2.70. The smallest absolute Gasteiger partial charge is 0.232 e. The quantitative estimate of drug-likeness (QED) is 0.664. The zero-order chi connectivity index (χ0) is 11.9. The molecular weight excluding hydrogens is 266 g/mol. The molecule has 0 N–H and O–H groups in total. The van der Waals surface area contributed by atoms with E-state index in [1.54, 1.807) is 6.07 Å². The fraction of sp³-hybridized carbons (Fsp3) is 0.400. The Morgan fingerprint density at radius 3 is 2.81 bits per heavy atom. The number of fused-ring (bicyclic) bond motifs is 1. The van der Waals surface area contributed by atoms with Crippen LogP contribution in [-0.2, 0) is 10.0 Å². The van der Waals surface area contributed by atoms with E-state index in [1.165, 1.54) is 10.6 Å². The Morgan fingerprint density at radius 1 is 1.56 bits per heavy atom. The van der Waals surface area contributed by atoms with Gasteiger partial charge in [0.15, 0.2) is 0 Å². The maximum Gasteiger partial charge on any atom is 0.232 e. The summed E-state index contributed by atoms with van der Waals surface area (Å²) in [4.78, 5) is 0.752. The van der Waals surface area contributed by atoms with Crippen molar-refractivity contribution in [2.75, 3.05) is 23.0 Å². The average Bonchev–Trinajstić information content (AvgIpc) is 2.54. The lowest BCUT2D eigenvalue weighted by Crippen LogP contribution is -2.28. The minimum Gasteiger partial charge on any atom is -0.269 e. The zero-order valence-electron chi connectivity index (χ0n) is 8.72. The van der Waals surface area contributed by atoms with Gasteiger partial charge < -0.3 is 0 Å². The molecular formula is C10H12ClNO2S2. The topological polar surface area (TPSA) is 37.4 Å².